The summed E-state index contributed by atoms with van der Waals surface area (Å²) >= 11 is 0. The number of hydrogen-bond donors (Lipinski definition) is 2. The molecule has 2 heterocycles. The molecule has 0 bridgehead atoms. The van der Waals surface area contributed by atoms with Crippen molar-refractivity contribution in [1.82, 2.24) is 15.5 Å². The van der Waals surface area contributed by atoms with Crippen LogP contribution < -0.4 is 25.0 Å². The van der Waals surface area contributed by atoms with E-state index in [1.165, 1.54) is 6.07 Å². The summed E-state index contributed by atoms with van der Waals surface area (Å²) < 4.78 is 25.2. The van der Waals surface area contributed by atoms with E-state index in [-0.39, 0.29) is 31.1 Å². The number of halogens is 1. The zero-order chi connectivity index (χ0) is 24.1. The summed E-state index contributed by atoms with van der Waals surface area (Å²) in [4.78, 5) is 28.8. The summed E-state index contributed by atoms with van der Waals surface area (Å²) in [5.74, 6) is 0.0724. The molecule has 2 N–H and O–H groups in total. The molecular weight excluding hydrogens is 439 g/mol. The maximum atomic E-state index is 14.3. The van der Waals surface area contributed by atoms with Gasteiger partial charge in [0.25, 0.3) is 0 Å². The molecule has 1 fully saturated rings. The van der Waals surface area contributed by atoms with Crippen molar-refractivity contribution in [2.45, 2.75) is 19.9 Å². The first kappa shape index (κ1) is 23.8. The van der Waals surface area contributed by atoms with Crippen molar-refractivity contribution in [2.24, 2.45) is 5.92 Å². The first-order valence-corrected chi connectivity index (χ1v) is 11.6. The van der Waals surface area contributed by atoms with Gasteiger partial charge < -0.3 is 25.0 Å². The number of piperazine rings is 1. The molecule has 1 unspecified atom stereocenters. The Morgan fingerprint density at radius 3 is 2.32 bits per heavy atom. The number of nitrogens with one attached hydrogen (secondary N) is 2. The fraction of sp³-hybridized carbons (Fsp3) is 0.440. The number of amides is 2. The normalized spacial score (nSPS) is 16.4. The molecule has 0 saturated carbocycles. The number of carbonyl (C=O) groups excluding carboxylic acids is 2. The van der Waals surface area contributed by atoms with Crippen LogP contribution in [0.3, 0.4) is 0 Å². The summed E-state index contributed by atoms with van der Waals surface area (Å²) in [5.41, 5.74) is 1.54. The number of rotatable bonds is 7. The fourth-order valence-corrected chi connectivity index (χ4v) is 4.21. The Morgan fingerprint density at radius 2 is 1.62 bits per heavy atom. The lowest BCUT2D eigenvalue weighted by molar-refractivity contribution is -0.139. The van der Waals surface area contributed by atoms with Crippen LogP contribution in [-0.2, 0) is 9.59 Å². The second-order valence-electron chi connectivity index (χ2n) is 8.92. The Hall–Kier alpha value is -3.33. The van der Waals surface area contributed by atoms with E-state index in [1.54, 1.807) is 12.1 Å². The maximum Gasteiger partial charge on any atom is 0.309 e. The second-order valence-corrected chi connectivity index (χ2v) is 8.92. The van der Waals surface area contributed by atoms with E-state index in [0.29, 0.717) is 49.9 Å². The smallest absolute Gasteiger partial charge is 0.309 e. The molecule has 2 aromatic carbocycles. The standard InChI is InChI=1S/C25H31FN4O4/c1-17(2)14-27-24(31)25(32)28-15-21(18-7-8-22-23(13-18)34-16-33-22)30-11-9-29(10-12-30)20-6-4-3-5-19(20)26/h3-8,13,17,21H,9-12,14-16H2,1-2H3,(H,27,31)(H,28,32). The number of para-hydroxylation sites is 1. The van der Waals surface area contributed by atoms with Crippen LogP contribution in [0.25, 0.3) is 0 Å². The number of benzene rings is 2. The fourth-order valence-electron chi connectivity index (χ4n) is 4.21. The minimum atomic E-state index is -0.656. The highest BCUT2D eigenvalue weighted by molar-refractivity contribution is 6.35. The van der Waals surface area contributed by atoms with Crippen molar-refractivity contribution < 1.29 is 23.5 Å². The molecule has 182 valence electrons. The Kier molecular flexibility index (Phi) is 7.52. The van der Waals surface area contributed by atoms with Gasteiger partial charge in [-0.05, 0) is 35.7 Å². The van der Waals surface area contributed by atoms with Crippen LogP contribution in [0.2, 0.25) is 0 Å². The van der Waals surface area contributed by atoms with Gasteiger partial charge in [-0.3, -0.25) is 14.5 Å². The minimum absolute atomic E-state index is 0.178. The highest BCUT2D eigenvalue weighted by atomic mass is 19.1. The molecular formula is C25H31FN4O4. The summed E-state index contributed by atoms with van der Waals surface area (Å²) in [6.07, 6.45) is 0. The third-order valence-corrected chi connectivity index (χ3v) is 6.06. The van der Waals surface area contributed by atoms with Gasteiger partial charge in [0, 0.05) is 39.3 Å². The third-order valence-electron chi connectivity index (χ3n) is 6.06. The van der Waals surface area contributed by atoms with Crippen LogP contribution in [0.4, 0.5) is 10.1 Å². The van der Waals surface area contributed by atoms with E-state index < -0.39 is 11.8 Å². The van der Waals surface area contributed by atoms with E-state index in [9.17, 15) is 14.0 Å². The molecule has 0 radical (unpaired) electrons. The Balaban J connectivity index is 1.45. The largest absolute Gasteiger partial charge is 0.454 e. The molecule has 1 atom stereocenters. The summed E-state index contributed by atoms with van der Waals surface area (Å²) in [6, 6.07) is 12.3. The first-order valence-electron chi connectivity index (χ1n) is 11.6. The van der Waals surface area contributed by atoms with Gasteiger partial charge >= 0.3 is 11.8 Å². The van der Waals surface area contributed by atoms with Crippen molar-refractivity contribution in [2.75, 3.05) is 51.0 Å². The molecule has 0 aromatic heterocycles. The van der Waals surface area contributed by atoms with Gasteiger partial charge in [-0.25, -0.2) is 4.39 Å². The van der Waals surface area contributed by atoms with Gasteiger partial charge in [-0.15, -0.1) is 0 Å². The van der Waals surface area contributed by atoms with Crippen molar-refractivity contribution in [3.63, 3.8) is 0 Å². The van der Waals surface area contributed by atoms with E-state index >= 15 is 0 Å². The van der Waals surface area contributed by atoms with E-state index in [1.807, 2.05) is 43.0 Å². The van der Waals surface area contributed by atoms with Crippen molar-refractivity contribution in [3.05, 3.63) is 53.8 Å². The van der Waals surface area contributed by atoms with Crippen molar-refractivity contribution in [1.29, 1.82) is 0 Å². The molecule has 2 amide bonds. The number of ether oxygens (including phenoxy) is 2. The minimum Gasteiger partial charge on any atom is -0.454 e. The summed E-state index contributed by atoms with van der Waals surface area (Å²) in [6.45, 7) is 7.44. The summed E-state index contributed by atoms with van der Waals surface area (Å²) in [7, 11) is 0. The highest BCUT2D eigenvalue weighted by Gasteiger charge is 2.28. The molecule has 1 saturated heterocycles. The average molecular weight is 471 g/mol. The Labute approximate surface area is 199 Å². The van der Waals surface area contributed by atoms with E-state index in [2.05, 4.69) is 15.5 Å². The predicted molar refractivity (Wildman–Crippen MR) is 126 cm³/mol. The van der Waals surface area contributed by atoms with Crippen molar-refractivity contribution in [3.8, 4) is 11.5 Å². The molecule has 0 spiro atoms. The molecule has 34 heavy (non-hydrogen) atoms. The molecule has 2 aromatic rings. The monoisotopic (exact) mass is 470 g/mol. The highest BCUT2D eigenvalue weighted by Crippen LogP contribution is 2.36. The maximum absolute atomic E-state index is 14.3. The quantitative estimate of drug-likeness (QED) is 0.605. The third kappa shape index (κ3) is 5.59. The lowest BCUT2D eigenvalue weighted by atomic mass is 10.0. The van der Waals surface area contributed by atoms with E-state index in [4.69, 9.17) is 9.47 Å². The van der Waals surface area contributed by atoms with Gasteiger partial charge in [0.05, 0.1) is 11.7 Å². The molecule has 0 aliphatic carbocycles. The molecule has 2 aliphatic heterocycles. The number of hydrogen-bond acceptors (Lipinski definition) is 6. The first-order chi connectivity index (χ1) is 16.4. The van der Waals surface area contributed by atoms with Gasteiger partial charge in [-0.1, -0.05) is 32.0 Å². The van der Waals surface area contributed by atoms with Crippen LogP contribution in [0.5, 0.6) is 11.5 Å². The lowest BCUT2D eigenvalue weighted by Crippen LogP contribution is -2.51. The topological polar surface area (TPSA) is 83.1 Å². The Bertz CT molecular complexity index is 1020. The second kappa shape index (κ2) is 10.7. The molecule has 9 heteroatoms. The molecule has 2 aliphatic rings. The van der Waals surface area contributed by atoms with Crippen LogP contribution in [0.1, 0.15) is 25.5 Å². The van der Waals surface area contributed by atoms with Crippen LogP contribution >= 0.6 is 0 Å². The van der Waals surface area contributed by atoms with Crippen LogP contribution in [0, 0.1) is 11.7 Å². The van der Waals surface area contributed by atoms with Crippen LogP contribution in [0.15, 0.2) is 42.5 Å². The van der Waals surface area contributed by atoms with Gasteiger partial charge in [0.15, 0.2) is 11.5 Å². The van der Waals surface area contributed by atoms with Gasteiger partial charge in [0.2, 0.25) is 6.79 Å². The number of nitrogens with zero attached hydrogens (tertiary/aromatic N) is 2. The van der Waals surface area contributed by atoms with Crippen LogP contribution in [-0.4, -0.2) is 62.8 Å². The zero-order valence-corrected chi connectivity index (χ0v) is 19.6. The summed E-state index contributed by atoms with van der Waals surface area (Å²) in [5, 5.41) is 5.43. The zero-order valence-electron chi connectivity index (χ0n) is 19.6. The predicted octanol–water partition coefficient (Wildman–Crippen LogP) is 2.31. The average Bonchev–Trinajstić information content (AvgIpc) is 3.31. The number of fused-ring (bicyclic) bond motifs is 1. The van der Waals surface area contributed by atoms with Crippen molar-refractivity contribution >= 4 is 17.5 Å². The van der Waals surface area contributed by atoms with E-state index in [0.717, 1.165) is 5.56 Å². The number of carbonyl (C=O) groups is 2. The van der Waals surface area contributed by atoms with Gasteiger partial charge in [-0.2, -0.15) is 0 Å². The van der Waals surface area contributed by atoms with Gasteiger partial charge in [0.1, 0.15) is 5.82 Å². The SMILES string of the molecule is CC(C)CNC(=O)C(=O)NCC(c1ccc2c(c1)OCO2)N1CCN(c2ccccc2F)CC1. The lowest BCUT2D eigenvalue weighted by Gasteiger charge is -2.40. The molecule has 8 nitrogen and oxygen atoms in total. The Morgan fingerprint density at radius 1 is 0.941 bits per heavy atom. The molecule has 4 rings (SSSR count). The number of anilines is 1.